The number of nitrogens with one attached hydrogen (secondary N) is 1. The van der Waals surface area contributed by atoms with Gasteiger partial charge in [0.25, 0.3) is 0 Å². The summed E-state index contributed by atoms with van der Waals surface area (Å²) in [5, 5.41) is 28.6. The molecule has 0 unspecified atom stereocenters. The highest BCUT2D eigenvalue weighted by Gasteiger charge is 2.28. The molecule has 4 aromatic rings. The SMILES string of the molecule is CC(C)(C)c1nc(CC2CCC(C(=O)O)CC2)n(Cc2ccc(-c3ccccc3-c3nnn[nH]3)cc2)n1. The van der Waals surface area contributed by atoms with Gasteiger partial charge in [0.2, 0.25) is 0 Å². The Labute approximate surface area is 216 Å². The number of benzene rings is 2. The standard InChI is InChI=1S/C28H33N7O2/c1-28(2,3)27-29-24(16-18-8-14-21(15-9-18)26(36)37)35(32-27)17-19-10-12-20(13-11-19)22-6-4-5-7-23(22)25-30-33-34-31-25/h4-7,10-13,18,21H,8-9,14-17H2,1-3H3,(H,36,37)(H,30,31,33,34). The third kappa shape index (κ3) is 5.60. The lowest BCUT2D eigenvalue weighted by Crippen LogP contribution is -2.23. The van der Waals surface area contributed by atoms with Gasteiger partial charge in [0.15, 0.2) is 11.6 Å². The number of rotatable bonds is 7. The number of carboxylic acids is 1. The third-order valence-corrected chi connectivity index (χ3v) is 7.21. The number of aromatic nitrogens is 7. The van der Waals surface area contributed by atoms with E-state index in [2.05, 4.69) is 71.7 Å². The predicted octanol–water partition coefficient (Wildman–Crippen LogP) is 4.90. The molecular weight excluding hydrogens is 466 g/mol. The van der Waals surface area contributed by atoms with Crippen LogP contribution in [-0.2, 0) is 23.2 Å². The maximum atomic E-state index is 11.3. The summed E-state index contributed by atoms with van der Waals surface area (Å²) in [5.41, 5.74) is 4.08. The zero-order valence-corrected chi connectivity index (χ0v) is 21.6. The second-order valence-corrected chi connectivity index (χ2v) is 11.0. The minimum atomic E-state index is -0.666. The van der Waals surface area contributed by atoms with Crippen molar-refractivity contribution in [2.45, 2.75) is 64.8 Å². The highest BCUT2D eigenvalue weighted by atomic mass is 16.4. The average molecular weight is 500 g/mol. The summed E-state index contributed by atoms with van der Waals surface area (Å²) in [7, 11) is 0. The molecular formula is C28H33N7O2. The van der Waals surface area contributed by atoms with E-state index in [1.807, 2.05) is 22.9 Å². The topological polar surface area (TPSA) is 122 Å². The monoisotopic (exact) mass is 499 g/mol. The fourth-order valence-electron chi connectivity index (χ4n) is 5.02. The van der Waals surface area contributed by atoms with E-state index in [1.54, 1.807) is 0 Å². The molecule has 37 heavy (non-hydrogen) atoms. The number of tetrazole rings is 1. The van der Waals surface area contributed by atoms with Gasteiger partial charge < -0.3 is 5.11 Å². The summed E-state index contributed by atoms with van der Waals surface area (Å²) in [4.78, 5) is 16.3. The summed E-state index contributed by atoms with van der Waals surface area (Å²) in [6.07, 6.45) is 4.15. The molecule has 0 bridgehead atoms. The van der Waals surface area contributed by atoms with Crippen LogP contribution in [-0.4, -0.2) is 46.5 Å². The van der Waals surface area contributed by atoms with Gasteiger partial charge in [-0.15, -0.1) is 5.10 Å². The van der Waals surface area contributed by atoms with Gasteiger partial charge in [0.05, 0.1) is 12.5 Å². The lowest BCUT2D eigenvalue weighted by Gasteiger charge is -2.25. The molecule has 2 aromatic heterocycles. The highest BCUT2D eigenvalue weighted by molar-refractivity contribution is 5.80. The molecule has 5 rings (SSSR count). The average Bonchev–Trinajstić information content (AvgIpc) is 3.56. The smallest absolute Gasteiger partial charge is 0.306 e. The van der Waals surface area contributed by atoms with Crippen molar-refractivity contribution in [2.75, 3.05) is 0 Å². The van der Waals surface area contributed by atoms with Crippen LogP contribution < -0.4 is 0 Å². The molecule has 0 atom stereocenters. The number of hydrogen-bond acceptors (Lipinski definition) is 6. The minimum absolute atomic E-state index is 0.149. The second kappa shape index (κ2) is 10.2. The summed E-state index contributed by atoms with van der Waals surface area (Å²) in [6.45, 7) is 7.03. The largest absolute Gasteiger partial charge is 0.481 e. The van der Waals surface area contributed by atoms with Crippen molar-refractivity contribution < 1.29 is 9.90 Å². The van der Waals surface area contributed by atoms with Crippen molar-refractivity contribution in [3.63, 3.8) is 0 Å². The molecule has 0 radical (unpaired) electrons. The van der Waals surface area contributed by atoms with Gasteiger partial charge in [-0.1, -0.05) is 69.3 Å². The second-order valence-electron chi connectivity index (χ2n) is 11.0. The fourth-order valence-corrected chi connectivity index (χ4v) is 5.02. The molecule has 1 aliphatic carbocycles. The van der Waals surface area contributed by atoms with E-state index < -0.39 is 5.97 Å². The van der Waals surface area contributed by atoms with Crippen LogP contribution in [0.4, 0.5) is 0 Å². The molecule has 1 aliphatic rings. The van der Waals surface area contributed by atoms with Crippen LogP contribution in [0.3, 0.4) is 0 Å². The van der Waals surface area contributed by atoms with E-state index in [1.165, 1.54) is 0 Å². The van der Waals surface area contributed by atoms with Crippen molar-refractivity contribution in [2.24, 2.45) is 11.8 Å². The Morgan fingerprint density at radius 2 is 1.73 bits per heavy atom. The molecule has 2 aromatic carbocycles. The first-order valence-corrected chi connectivity index (χ1v) is 12.9. The fraction of sp³-hybridized carbons (Fsp3) is 0.429. The van der Waals surface area contributed by atoms with Crippen LogP contribution in [0.1, 0.15) is 63.7 Å². The van der Waals surface area contributed by atoms with Gasteiger partial charge in [0, 0.05) is 17.4 Å². The molecule has 192 valence electrons. The van der Waals surface area contributed by atoms with Gasteiger partial charge >= 0.3 is 5.97 Å². The van der Waals surface area contributed by atoms with Crippen LogP contribution in [0.15, 0.2) is 48.5 Å². The Hall–Kier alpha value is -3.88. The molecule has 0 saturated heterocycles. The van der Waals surface area contributed by atoms with Crippen molar-refractivity contribution >= 4 is 5.97 Å². The Kier molecular flexibility index (Phi) is 6.86. The van der Waals surface area contributed by atoms with Crippen LogP contribution in [0.2, 0.25) is 0 Å². The lowest BCUT2D eigenvalue weighted by atomic mass is 9.80. The van der Waals surface area contributed by atoms with Gasteiger partial charge in [-0.3, -0.25) is 4.79 Å². The molecule has 2 N–H and O–H groups in total. The van der Waals surface area contributed by atoms with Gasteiger partial charge in [-0.25, -0.2) is 14.8 Å². The number of carboxylic acid groups (broad SMARTS) is 1. The molecule has 1 saturated carbocycles. The van der Waals surface area contributed by atoms with Gasteiger partial charge in [-0.2, -0.15) is 5.10 Å². The summed E-state index contributed by atoms with van der Waals surface area (Å²) < 4.78 is 2.03. The van der Waals surface area contributed by atoms with Crippen LogP contribution >= 0.6 is 0 Å². The zero-order chi connectivity index (χ0) is 26.0. The first-order valence-electron chi connectivity index (χ1n) is 12.9. The first-order chi connectivity index (χ1) is 17.8. The number of aromatic amines is 1. The van der Waals surface area contributed by atoms with Crippen LogP contribution in [0, 0.1) is 11.8 Å². The molecule has 9 heteroatoms. The van der Waals surface area contributed by atoms with Gasteiger partial charge in [0.1, 0.15) is 5.82 Å². The minimum Gasteiger partial charge on any atom is -0.481 e. The molecule has 1 fully saturated rings. The quantitative estimate of drug-likeness (QED) is 0.371. The highest BCUT2D eigenvalue weighted by Crippen LogP contribution is 2.32. The number of aliphatic carboxylic acids is 1. The number of carbonyl (C=O) groups is 1. The van der Waals surface area contributed by atoms with E-state index in [9.17, 15) is 9.90 Å². The van der Waals surface area contributed by atoms with Crippen molar-refractivity contribution in [1.82, 2.24) is 35.4 Å². The summed E-state index contributed by atoms with van der Waals surface area (Å²) >= 11 is 0. The van der Waals surface area contributed by atoms with E-state index in [0.717, 1.165) is 66.0 Å². The number of hydrogen-bond donors (Lipinski definition) is 2. The summed E-state index contributed by atoms with van der Waals surface area (Å²) in [5.74, 6) is 2.03. The van der Waals surface area contributed by atoms with E-state index in [4.69, 9.17) is 10.1 Å². The summed E-state index contributed by atoms with van der Waals surface area (Å²) in [6, 6.07) is 16.6. The normalized spacial score (nSPS) is 18.1. The molecule has 0 aliphatic heterocycles. The van der Waals surface area contributed by atoms with E-state index >= 15 is 0 Å². The van der Waals surface area contributed by atoms with Crippen molar-refractivity contribution in [3.05, 3.63) is 65.7 Å². The molecule has 0 spiro atoms. The van der Waals surface area contributed by atoms with Crippen molar-refractivity contribution in [3.8, 4) is 22.5 Å². The predicted molar refractivity (Wildman–Crippen MR) is 140 cm³/mol. The third-order valence-electron chi connectivity index (χ3n) is 7.21. The Morgan fingerprint density at radius 1 is 1.03 bits per heavy atom. The number of nitrogens with zero attached hydrogens (tertiary/aromatic N) is 6. The number of H-pyrrole nitrogens is 1. The Morgan fingerprint density at radius 3 is 2.35 bits per heavy atom. The van der Waals surface area contributed by atoms with Crippen molar-refractivity contribution in [1.29, 1.82) is 0 Å². The lowest BCUT2D eigenvalue weighted by molar-refractivity contribution is -0.143. The first kappa shape index (κ1) is 24.8. The Balaban J connectivity index is 1.36. The molecule has 9 nitrogen and oxygen atoms in total. The van der Waals surface area contributed by atoms with Crippen LogP contribution in [0.5, 0.6) is 0 Å². The van der Waals surface area contributed by atoms with E-state index in [-0.39, 0.29) is 11.3 Å². The zero-order valence-electron chi connectivity index (χ0n) is 21.6. The van der Waals surface area contributed by atoms with E-state index in [0.29, 0.717) is 18.3 Å². The molecule has 2 heterocycles. The maximum absolute atomic E-state index is 11.3. The Bertz CT molecular complexity index is 1350. The molecule has 0 amide bonds. The maximum Gasteiger partial charge on any atom is 0.306 e. The van der Waals surface area contributed by atoms with Crippen LogP contribution in [0.25, 0.3) is 22.5 Å². The van der Waals surface area contributed by atoms with Gasteiger partial charge in [-0.05, 0) is 58.7 Å².